The third kappa shape index (κ3) is 2.50. The van der Waals surface area contributed by atoms with Crippen molar-refractivity contribution in [1.82, 2.24) is 18.9 Å². The smallest absolute Gasteiger partial charge is 0.259 e. The van der Waals surface area contributed by atoms with Crippen LogP contribution < -0.4 is 10.5 Å². The maximum absolute atomic E-state index is 12.3. The van der Waals surface area contributed by atoms with Crippen molar-refractivity contribution >= 4 is 11.5 Å². The van der Waals surface area contributed by atoms with Crippen molar-refractivity contribution in [3.8, 4) is 0 Å². The molecule has 4 heterocycles. The molecule has 3 aromatic rings. The molecular formula is C17H19N5O. The van der Waals surface area contributed by atoms with E-state index < -0.39 is 0 Å². The van der Waals surface area contributed by atoms with Gasteiger partial charge in [-0.15, -0.1) is 0 Å². The average Bonchev–Trinajstić information content (AvgIpc) is 3.17. The van der Waals surface area contributed by atoms with Gasteiger partial charge in [0.25, 0.3) is 5.56 Å². The van der Waals surface area contributed by atoms with Crippen LogP contribution >= 0.6 is 0 Å². The lowest BCUT2D eigenvalue weighted by Crippen LogP contribution is -2.34. The summed E-state index contributed by atoms with van der Waals surface area (Å²) in [5, 5.41) is 0. The quantitative estimate of drug-likeness (QED) is 0.741. The van der Waals surface area contributed by atoms with Gasteiger partial charge in [-0.25, -0.2) is 9.97 Å². The summed E-state index contributed by atoms with van der Waals surface area (Å²) in [5.41, 5.74) is 0.662. The Bertz CT molecular complexity index is 897. The maximum atomic E-state index is 12.3. The van der Waals surface area contributed by atoms with Crippen LogP contribution in [-0.2, 0) is 6.54 Å². The van der Waals surface area contributed by atoms with Crippen molar-refractivity contribution < 1.29 is 0 Å². The number of hydrogen-bond donors (Lipinski definition) is 0. The van der Waals surface area contributed by atoms with E-state index in [9.17, 15) is 4.79 Å². The second-order valence-electron chi connectivity index (χ2n) is 6.00. The molecule has 0 bridgehead atoms. The Morgan fingerprint density at radius 2 is 2.22 bits per heavy atom. The van der Waals surface area contributed by atoms with Gasteiger partial charge in [0.1, 0.15) is 17.3 Å². The minimum atomic E-state index is -0.0324. The summed E-state index contributed by atoms with van der Waals surface area (Å²) in [6.07, 6.45) is 7.82. The van der Waals surface area contributed by atoms with Crippen molar-refractivity contribution in [2.75, 3.05) is 11.4 Å². The SMILES string of the molecule is Cc1nccn1C[C@H]1CCCN1c1cc(=O)n2ccccc2n1. The Labute approximate surface area is 134 Å². The average molecular weight is 309 g/mol. The van der Waals surface area contributed by atoms with Crippen molar-refractivity contribution in [2.45, 2.75) is 32.4 Å². The fourth-order valence-corrected chi connectivity index (χ4v) is 3.34. The van der Waals surface area contributed by atoms with E-state index in [0.717, 1.165) is 37.6 Å². The van der Waals surface area contributed by atoms with Crippen molar-refractivity contribution in [3.05, 3.63) is 59.0 Å². The molecule has 1 aliphatic heterocycles. The second-order valence-corrected chi connectivity index (χ2v) is 6.00. The van der Waals surface area contributed by atoms with Gasteiger partial charge < -0.3 is 9.47 Å². The molecule has 0 aliphatic carbocycles. The molecule has 1 saturated heterocycles. The predicted molar refractivity (Wildman–Crippen MR) is 88.8 cm³/mol. The van der Waals surface area contributed by atoms with E-state index in [0.29, 0.717) is 11.7 Å². The zero-order chi connectivity index (χ0) is 15.8. The van der Waals surface area contributed by atoms with E-state index in [2.05, 4.69) is 19.4 Å². The Hall–Kier alpha value is -2.63. The molecule has 0 N–H and O–H groups in total. The lowest BCUT2D eigenvalue weighted by molar-refractivity contribution is 0.538. The van der Waals surface area contributed by atoms with Crippen molar-refractivity contribution in [2.24, 2.45) is 0 Å². The first-order chi connectivity index (χ1) is 11.2. The molecule has 1 aliphatic rings. The number of rotatable bonds is 3. The first kappa shape index (κ1) is 14.0. The van der Waals surface area contributed by atoms with Gasteiger partial charge in [0.2, 0.25) is 0 Å². The van der Waals surface area contributed by atoms with Crippen LogP contribution in [0.1, 0.15) is 18.7 Å². The molecule has 0 radical (unpaired) electrons. The highest BCUT2D eigenvalue weighted by molar-refractivity contribution is 5.49. The van der Waals surface area contributed by atoms with Gasteiger partial charge in [-0.1, -0.05) is 6.07 Å². The highest BCUT2D eigenvalue weighted by Gasteiger charge is 2.26. The number of hydrogen-bond acceptors (Lipinski definition) is 4. The molecule has 6 nitrogen and oxygen atoms in total. The summed E-state index contributed by atoms with van der Waals surface area (Å²) in [6, 6.07) is 7.61. The lowest BCUT2D eigenvalue weighted by atomic mass is 10.2. The zero-order valence-corrected chi connectivity index (χ0v) is 13.1. The van der Waals surface area contributed by atoms with Crippen molar-refractivity contribution in [3.63, 3.8) is 0 Å². The van der Waals surface area contributed by atoms with Gasteiger partial charge in [-0.2, -0.15) is 0 Å². The van der Waals surface area contributed by atoms with E-state index in [4.69, 9.17) is 0 Å². The summed E-state index contributed by atoms with van der Waals surface area (Å²) in [5.74, 6) is 1.80. The van der Waals surface area contributed by atoms with Crippen LogP contribution in [-0.4, -0.2) is 31.5 Å². The number of aryl methyl sites for hydroxylation is 1. The second kappa shape index (κ2) is 5.53. The largest absolute Gasteiger partial charge is 0.352 e. The summed E-state index contributed by atoms with van der Waals surface area (Å²) in [6.45, 7) is 3.83. The fraction of sp³-hybridized carbons (Fsp3) is 0.353. The lowest BCUT2D eigenvalue weighted by Gasteiger charge is -2.26. The first-order valence-corrected chi connectivity index (χ1v) is 7.95. The Kier molecular flexibility index (Phi) is 3.37. The third-order valence-corrected chi connectivity index (χ3v) is 4.56. The molecule has 0 aromatic carbocycles. The van der Waals surface area contributed by atoms with E-state index >= 15 is 0 Å². The Balaban J connectivity index is 1.69. The van der Waals surface area contributed by atoms with Crippen LogP contribution in [0, 0.1) is 6.92 Å². The Morgan fingerprint density at radius 1 is 1.30 bits per heavy atom. The number of nitrogens with zero attached hydrogens (tertiary/aromatic N) is 5. The van der Waals surface area contributed by atoms with E-state index in [1.165, 1.54) is 0 Å². The normalized spacial score (nSPS) is 18.0. The minimum Gasteiger partial charge on any atom is -0.352 e. The molecule has 4 rings (SSSR count). The van der Waals surface area contributed by atoms with Gasteiger partial charge in [0.15, 0.2) is 0 Å². The number of aromatic nitrogens is 4. The Morgan fingerprint density at radius 3 is 3.04 bits per heavy atom. The highest BCUT2D eigenvalue weighted by Crippen LogP contribution is 2.24. The van der Waals surface area contributed by atoms with Gasteiger partial charge in [-0.05, 0) is 31.9 Å². The predicted octanol–water partition coefficient (Wildman–Crippen LogP) is 1.87. The van der Waals surface area contributed by atoms with Gasteiger partial charge in [0, 0.05) is 43.8 Å². The molecule has 6 heteroatoms. The molecule has 1 fully saturated rings. The molecule has 1 atom stereocenters. The minimum absolute atomic E-state index is 0.0324. The van der Waals surface area contributed by atoms with Gasteiger partial charge in [0.05, 0.1) is 0 Å². The molecule has 118 valence electrons. The maximum Gasteiger partial charge on any atom is 0.259 e. The zero-order valence-electron chi connectivity index (χ0n) is 13.1. The van der Waals surface area contributed by atoms with Gasteiger partial charge in [-0.3, -0.25) is 9.20 Å². The number of fused-ring (bicyclic) bond motifs is 1. The number of imidazole rings is 1. The summed E-state index contributed by atoms with van der Waals surface area (Å²) >= 11 is 0. The highest BCUT2D eigenvalue weighted by atomic mass is 16.1. The molecule has 0 saturated carbocycles. The van der Waals surface area contributed by atoms with Crippen LogP contribution in [0.2, 0.25) is 0 Å². The molecule has 3 aromatic heterocycles. The van der Waals surface area contributed by atoms with E-state index in [1.807, 2.05) is 37.5 Å². The fourth-order valence-electron chi connectivity index (χ4n) is 3.34. The standard InChI is InChI=1S/C17H19N5O/c1-13-18-7-10-20(13)12-14-5-4-9-21(14)16-11-17(23)22-8-3-2-6-15(22)19-16/h2-3,6-8,10-11,14H,4-5,9,12H2,1H3/t14-/m1/s1. The molecular weight excluding hydrogens is 290 g/mol. The first-order valence-electron chi connectivity index (χ1n) is 7.95. The van der Waals surface area contributed by atoms with E-state index in [1.54, 1.807) is 16.7 Å². The number of anilines is 1. The monoisotopic (exact) mass is 309 g/mol. The van der Waals surface area contributed by atoms with Crippen LogP contribution in [0.5, 0.6) is 0 Å². The van der Waals surface area contributed by atoms with Crippen LogP contribution in [0.3, 0.4) is 0 Å². The van der Waals surface area contributed by atoms with Crippen LogP contribution in [0.25, 0.3) is 5.65 Å². The topological polar surface area (TPSA) is 55.4 Å². The van der Waals surface area contributed by atoms with Crippen LogP contribution in [0.4, 0.5) is 5.82 Å². The third-order valence-electron chi connectivity index (χ3n) is 4.56. The molecule has 0 unspecified atom stereocenters. The summed E-state index contributed by atoms with van der Waals surface area (Å²) in [4.78, 5) is 23.5. The summed E-state index contributed by atoms with van der Waals surface area (Å²) < 4.78 is 3.74. The van der Waals surface area contributed by atoms with Gasteiger partial charge >= 0.3 is 0 Å². The van der Waals surface area contributed by atoms with Crippen LogP contribution in [0.15, 0.2) is 47.7 Å². The van der Waals surface area contributed by atoms with E-state index in [-0.39, 0.29) is 5.56 Å². The summed E-state index contributed by atoms with van der Waals surface area (Å²) in [7, 11) is 0. The number of pyridine rings is 1. The molecule has 0 amide bonds. The molecule has 0 spiro atoms. The molecule has 23 heavy (non-hydrogen) atoms. The van der Waals surface area contributed by atoms with Crippen molar-refractivity contribution in [1.29, 1.82) is 0 Å².